The van der Waals surface area contributed by atoms with Crippen molar-refractivity contribution in [1.29, 1.82) is 0 Å². The number of nitrogens with zero attached hydrogens (tertiary/aromatic N) is 2. The Morgan fingerprint density at radius 3 is 2.71 bits per heavy atom. The highest BCUT2D eigenvalue weighted by atomic mass is 35.5. The molecule has 0 saturated heterocycles. The van der Waals surface area contributed by atoms with Crippen molar-refractivity contribution in [2.24, 2.45) is 11.7 Å². The van der Waals surface area contributed by atoms with Gasteiger partial charge in [-0.05, 0) is 12.0 Å². The van der Waals surface area contributed by atoms with E-state index in [4.69, 9.17) is 5.73 Å². The standard InChI is InChI=1S/C15H20N4O.ClH/c1-12(11-16)15(20)18-14-7-9-17-19(14)10-8-13-5-3-2-4-6-13;/h2-7,9,12H,8,10-11,16H2,1H3,(H,18,20);1H. The van der Waals surface area contributed by atoms with E-state index in [1.807, 2.05) is 18.2 Å². The predicted octanol–water partition coefficient (Wildman–Crippen LogP) is 2.08. The average molecular weight is 309 g/mol. The van der Waals surface area contributed by atoms with Gasteiger partial charge in [0.1, 0.15) is 5.82 Å². The first kappa shape index (κ1) is 17.2. The third kappa shape index (κ3) is 4.88. The van der Waals surface area contributed by atoms with Crippen LogP contribution in [-0.4, -0.2) is 22.2 Å². The van der Waals surface area contributed by atoms with Crippen LogP contribution in [0.15, 0.2) is 42.6 Å². The largest absolute Gasteiger partial charge is 0.330 e. The molecule has 6 heteroatoms. The first-order valence-corrected chi connectivity index (χ1v) is 6.77. The number of amides is 1. The number of carbonyl (C=O) groups excluding carboxylic acids is 1. The quantitative estimate of drug-likeness (QED) is 0.858. The van der Waals surface area contributed by atoms with Gasteiger partial charge in [-0.15, -0.1) is 12.4 Å². The van der Waals surface area contributed by atoms with Crippen molar-refractivity contribution in [2.75, 3.05) is 11.9 Å². The highest BCUT2D eigenvalue weighted by Crippen LogP contribution is 2.10. The molecule has 114 valence electrons. The number of carbonyl (C=O) groups is 1. The van der Waals surface area contributed by atoms with Gasteiger partial charge < -0.3 is 11.1 Å². The summed E-state index contributed by atoms with van der Waals surface area (Å²) in [6, 6.07) is 12.0. The number of nitrogens with one attached hydrogen (secondary N) is 1. The molecule has 0 aliphatic rings. The Hall–Kier alpha value is -1.85. The zero-order valence-electron chi connectivity index (χ0n) is 12.0. The third-order valence-electron chi connectivity index (χ3n) is 3.22. The second kappa shape index (κ2) is 8.44. The summed E-state index contributed by atoms with van der Waals surface area (Å²) in [6.45, 7) is 2.87. The molecule has 2 aromatic rings. The Labute approximate surface area is 130 Å². The summed E-state index contributed by atoms with van der Waals surface area (Å²) in [5.74, 6) is 0.438. The molecule has 0 aliphatic heterocycles. The molecule has 1 amide bonds. The van der Waals surface area contributed by atoms with E-state index in [0.29, 0.717) is 12.4 Å². The molecular formula is C15H21ClN4O. The fraction of sp³-hybridized carbons (Fsp3) is 0.333. The third-order valence-corrected chi connectivity index (χ3v) is 3.22. The van der Waals surface area contributed by atoms with Crippen LogP contribution in [0.5, 0.6) is 0 Å². The highest BCUT2D eigenvalue weighted by Gasteiger charge is 2.13. The molecule has 0 fully saturated rings. The van der Waals surface area contributed by atoms with Crippen molar-refractivity contribution in [3.8, 4) is 0 Å². The van der Waals surface area contributed by atoms with Gasteiger partial charge in [0.25, 0.3) is 0 Å². The number of benzene rings is 1. The van der Waals surface area contributed by atoms with Crippen LogP contribution in [-0.2, 0) is 17.8 Å². The molecule has 0 bridgehead atoms. The lowest BCUT2D eigenvalue weighted by Crippen LogP contribution is -2.27. The zero-order chi connectivity index (χ0) is 14.4. The lowest BCUT2D eigenvalue weighted by atomic mass is 10.1. The van der Waals surface area contributed by atoms with Crippen LogP contribution in [0.25, 0.3) is 0 Å². The van der Waals surface area contributed by atoms with E-state index < -0.39 is 0 Å². The van der Waals surface area contributed by atoms with Gasteiger partial charge in [-0.25, -0.2) is 4.68 Å². The van der Waals surface area contributed by atoms with Crippen molar-refractivity contribution in [3.63, 3.8) is 0 Å². The summed E-state index contributed by atoms with van der Waals surface area (Å²) in [7, 11) is 0. The molecule has 0 radical (unpaired) electrons. The number of aromatic nitrogens is 2. The van der Waals surface area contributed by atoms with Gasteiger partial charge in [0.05, 0.1) is 6.20 Å². The first-order chi connectivity index (χ1) is 9.70. The molecule has 0 saturated carbocycles. The van der Waals surface area contributed by atoms with Crippen molar-refractivity contribution in [3.05, 3.63) is 48.2 Å². The van der Waals surface area contributed by atoms with E-state index >= 15 is 0 Å². The molecule has 2 rings (SSSR count). The molecule has 0 aliphatic carbocycles. The van der Waals surface area contributed by atoms with E-state index in [-0.39, 0.29) is 24.2 Å². The Kier molecular flexibility index (Phi) is 6.91. The smallest absolute Gasteiger partial charge is 0.229 e. The normalized spacial score (nSPS) is 11.5. The summed E-state index contributed by atoms with van der Waals surface area (Å²) in [6.07, 6.45) is 2.56. The minimum absolute atomic E-state index is 0. The Morgan fingerprint density at radius 2 is 2.05 bits per heavy atom. The molecule has 0 spiro atoms. The summed E-state index contributed by atoms with van der Waals surface area (Å²) in [5, 5.41) is 7.10. The summed E-state index contributed by atoms with van der Waals surface area (Å²) < 4.78 is 1.80. The number of anilines is 1. The van der Waals surface area contributed by atoms with Crippen molar-refractivity contribution in [1.82, 2.24) is 9.78 Å². The molecule has 3 N–H and O–H groups in total. The summed E-state index contributed by atoms with van der Waals surface area (Å²) in [4.78, 5) is 11.8. The number of hydrogen-bond acceptors (Lipinski definition) is 3. The highest BCUT2D eigenvalue weighted by molar-refractivity contribution is 5.91. The van der Waals surface area contributed by atoms with Crippen LogP contribution in [0.4, 0.5) is 5.82 Å². The fourth-order valence-corrected chi connectivity index (χ4v) is 1.85. The Balaban J connectivity index is 0.00000220. The van der Waals surface area contributed by atoms with Crippen LogP contribution in [0.2, 0.25) is 0 Å². The van der Waals surface area contributed by atoms with Crippen LogP contribution in [0.1, 0.15) is 12.5 Å². The number of rotatable bonds is 6. The van der Waals surface area contributed by atoms with E-state index in [2.05, 4.69) is 22.5 Å². The fourth-order valence-electron chi connectivity index (χ4n) is 1.85. The minimum Gasteiger partial charge on any atom is -0.330 e. The zero-order valence-corrected chi connectivity index (χ0v) is 12.8. The Bertz CT molecular complexity index is 556. The van der Waals surface area contributed by atoms with E-state index in [9.17, 15) is 4.79 Å². The van der Waals surface area contributed by atoms with Gasteiger partial charge in [0.15, 0.2) is 0 Å². The van der Waals surface area contributed by atoms with Gasteiger partial charge in [-0.2, -0.15) is 5.10 Å². The van der Waals surface area contributed by atoms with Crippen LogP contribution < -0.4 is 11.1 Å². The number of hydrogen-bond donors (Lipinski definition) is 2. The van der Waals surface area contributed by atoms with Crippen LogP contribution >= 0.6 is 12.4 Å². The summed E-state index contributed by atoms with van der Waals surface area (Å²) >= 11 is 0. The average Bonchev–Trinajstić information content (AvgIpc) is 2.92. The van der Waals surface area contributed by atoms with E-state index in [0.717, 1.165) is 13.0 Å². The molecule has 21 heavy (non-hydrogen) atoms. The monoisotopic (exact) mass is 308 g/mol. The molecule has 1 aromatic carbocycles. The summed E-state index contributed by atoms with van der Waals surface area (Å²) in [5.41, 5.74) is 6.74. The topological polar surface area (TPSA) is 72.9 Å². The molecule has 1 aromatic heterocycles. The first-order valence-electron chi connectivity index (χ1n) is 6.77. The van der Waals surface area contributed by atoms with Crippen LogP contribution in [0, 0.1) is 5.92 Å². The Morgan fingerprint density at radius 1 is 1.33 bits per heavy atom. The van der Waals surface area contributed by atoms with E-state index in [1.165, 1.54) is 5.56 Å². The van der Waals surface area contributed by atoms with Crippen molar-refractivity contribution in [2.45, 2.75) is 19.9 Å². The maximum atomic E-state index is 11.8. The second-order valence-corrected chi connectivity index (χ2v) is 4.80. The molecular weight excluding hydrogens is 288 g/mol. The maximum absolute atomic E-state index is 11.8. The van der Waals surface area contributed by atoms with Gasteiger partial charge in [0, 0.05) is 25.1 Å². The number of aryl methyl sites for hydroxylation is 2. The lowest BCUT2D eigenvalue weighted by molar-refractivity contribution is -0.119. The van der Waals surface area contributed by atoms with Crippen molar-refractivity contribution >= 4 is 24.1 Å². The maximum Gasteiger partial charge on any atom is 0.229 e. The minimum atomic E-state index is -0.201. The van der Waals surface area contributed by atoms with Crippen molar-refractivity contribution < 1.29 is 4.79 Å². The van der Waals surface area contributed by atoms with E-state index in [1.54, 1.807) is 23.9 Å². The van der Waals surface area contributed by atoms with Gasteiger partial charge in [-0.1, -0.05) is 37.3 Å². The van der Waals surface area contributed by atoms with Gasteiger partial charge >= 0.3 is 0 Å². The number of halogens is 1. The lowest BCUT2D eigenvalue weighted by Gasteiger charge is -2.12. The van der Waals surface area contributed by atoms with Gasteiger partial charge in [-0.3, -0.25) is 4.79 Å². The molecule has 1 atom stereocenters. The molecule has 1 heterocycles. The second-order valence-electron chi connectivity index (χ2n) is 4.80. The molecule has 5 nitrogen and oxygen atoms in total. The van der Waals surface area contributed by atoms with Crippen LogP contribution in [0.3, 0.4) is 0 Å². The SMILES string of the molecule is CC(CN)C(=O)Nc1ccnn1CCc1ccccc1.Cl. The number of nitrogens with two attached hydrogens (primary N) is 1. The predicted molar refractivity (Wildman–Crippen MR) is 86.5 cm³/mol. The molecule has 1 unspecified atom stereocenters. The van der Waals surface area contributed by atoms with Gasteiger partial charge in [0.2, 0.25) is 5.91 Å².